The van der Waals surface area contributed by atoms with Gasteiger partial charge in [-0.3, -0.25) is 24.0 Å². The van der Waals surface area contributed by atoms with Gasteiger partial charge in [-0.1, -0.05) is 87.1 Å². The maximum Gasteiger partial charge on any atom is 0.251 e. The Hall–Kier alpha value is -4.48. The van der Waals surface area contributed by atoms with Crippen LogP contribution < -0.4 is 5.32 Å². The molecule has 0 fully saturated rings. The Balaban J connectivity index is 2.08. The van der Waals surface area contributed by atoms with Crippen LogP contribution in [0, 0.1) is 24.7 Å². The van der Waals surface area contributed by atoms with Gasteiger partial charge in [-0.25, -0.2) is 0 Å². The van der Waals surface area contributed by atoms with Crippen LogP contribution in [0.1, 0.15) is 91.0 Å². The van der Waals surface area contributed by atoms with Crippen molar-refractivity contribution in [2.24, 2.45) is 17.8 Å². The molecule has 0 saturated carbocycles. The first-order valence-corrected chi connectivity index (χ1v) is 17.1. The number of aliphatic hydroxyl groups is 3. The topological polar surface area (TPSA) is 178 Å². The van der Waals surface area contributed by atoms with Gasteiger partial charge in [0.05, 0.1) is 23.9 Å². The number of carbonyl (C=O) groups excluding carboxylic acids is 5. The minimum Gasteiger partial charge on any atom is -0.507 e. The number of aryl methyl sites for hydroxylation is 1. The number of carbonyl (C=O) groups is 5. The summed E-state index contributed by atoms with van der Waals surface area (Å²) in [4.78, 5) is 66.8. The lowest BCUT2D eigenvalue weighted by Crippen LogP contribution is -2.34. The van der Waals surface area contributed by atoms with Crippen molar-refractivity contribution in [1.29, 1.82) is 0 Å². The zero-order chi connectivity index (χ0) is 38.3. The van der Waals surface area contributed by atoms with E-state index >= 15 is 0 Å². The Bertz CT molecular complexity index is 1820. The van der Waals surface area contributed by atoms with Crippen LogP contribution >= 0.6 is 11.6 Å². The number of halogens is 1. The van der Waals surface area contributed by atoms with Crippen LogP contribution in [0.4, 0.5) is 0 Å². The summed E-state index contributed by atoms with van der Waals surface area (Å²) < 4.78 is 0. The summed E-state index contributed by atoms with van der Waals surface area (Å²) in [6.45, 7) is 11.2. The molecule has 6 atom stereocenters. The van der Waals surface area contributed by atoms with Gasteiger partial charge in [-0.2, -0.15) is 0 Å². The zero-order valence-electron chi connectivity index (χ0n) is 29.9. The molecule has 1 amide bonds. The van der Waals surface area contributed by atoms with E-state index in [0.717, 1.165) is 0 Å². The zero-order valence-corrected chi connectivity index (χ0v) is 30.6. The van der Waals surface area contributed by atoms with Gasteiger partial charge in [0.2, 0.25) is 11.6 Å². The average molecular weight is 720 g/mol. The number of phenolic OH excluding ortho intramolecular Hbond substituents is 1. The lowest BCUT2D eigenvalue weighted by molar-refractivity contribution is -0.118. The van der Waals surface area contributed by atoms with Crippen LogP contribution in [0.5, 0.6) is 5.75 Å². The highest BCUT2D eigenvalue weighted by Crippen LogP contribution is 2.37. The third-order valence-corrected chi connectivity index (χ3v) is 9.47. The second-order valence-electron chi connectivity index (χ2n) is 13.3. The van der Waals surface area contributed by atoms with Gasteiger partial charge in [0.15, 0.2) is 11.6 Å². The molecule has 10 nitrogen and oxygen atoms in total. The summed E-state index contributed by atoms with van der Waals surface area (Å²) in [6.07, 6.45) is 11.3. The monoisotopic (exact) mass is 719 g/mol. The lowest BCUT2D eigenvalue weighted by Gasteiger charge is -2.23. The minimum absolute atomic E-state index is 0.0812. The van der Waals surface area contributed by atoms with Gasteiger partial charge in [0.1, 0.15) is 16.5 Å². The van der Waals surface area contributed by atoms with Gasteiger partial charge < -0.3 is 25.7 Å². The molecular weight excluding hydrogens is 674 g/mol. The van der Waals surface area contributed by atoms with Gasteiger partial charge in [0, 0.05) is 40.9 Å². The molecule has 51 heavy (non-hydrogen) atoms. The number of phenols is 1. The first kappa shape index (κ1) is 40.9. The molecule has 2 aliphatic heterocycles. The molecule has 272 valence electrons. The third-order valence-electron chi connectivity index (χ3n) is 9.11. The number of nitrogens with one attached hydrogen (secondary N) is 1. The molecule has 5 N–H and O–H groups in total. The predicted octanol–water partition coefficient (Wildman–Crippen LogP) is 5.69. The minimum atomic E-state index is -1.01. The first-order valence-electron chi connectivity index (χ1n) is 16.7. The summed E-state index contributed by atoms with van der Waals surface area (Å²) in [5.41, 5.74) is -0.708. The number of aliphatic hydroxyl groups excluding tert-OH is 3. The fourth-order valence-corrected chi connectivity index (χ4v) is 5.85. The van der Waals surface area contributed by atoms with E-state index in [1.54, 1.807) is 64.2 Å². The molecule has 0 spiro atoms. The number of hydrogen-bond acceptors (Lipinski definition) is 9. The standard InChI is InChI=1S/C40H46ClNO9/c1-20-11-9-8-10-12-23(4)40(51)42-34-33(41)39(50)31-28(38(34)49)18-26(7)37(48)32(31)36(47)25(6)17-24(5)35(46)22(3)14-16-27(43)15-13-21(2)30(45)19-29(20)44/h8-14,16-18,20,22,24,27,29,35,43-44,46,48H,15,19H2,1-7H3,(H,42,51)/b10-8?,11-9?,16-14?,21-13?,23-12-,25-17?. The molecule has 11 heteroatoms. The van der Waals surface area contributed by atoms with Crippen molar-refractivity contribution in [3.8, 4) is 5.75 Å². The van der Waals surface area contributed by atoms with Crippen LogP contribution in [0.25, 0.3) is 0 Å². The number of ketones is 4. The highest BCUT2D eigenvalue weighted by atomic mass is 35.5. The SMILES string of the molecule is CC1=CCC(O)C=CC(C)C(O)C(C)C=C(C)C(=O)c2c(O)c(C)cc3c2C(=O)C(Cl)=C(NC(=O)/C(C)=C\C=CC=CC(C)C(O)CC1=O)C3=O. The molecular formula is C40H46ClNO9. The van der Waals surface area contributed by atoms with Gasteiger partial charge in [-0.05, 0) is 56.9 Å². The van der Waals surface area contributed by atoms with Gasteiger partial charge in [0.25, 0.3) is 5.91 Å². The van der Waals surface area contributed by atoms with Crippen molar-refractivity contribution in [2.75, 3.05) is 0 Å². The highest BCUT2D eigenvalue weighted by molar-refractivity contribution is 6.51. The number of fused-ring (bicyclic) bond motifs is 18. The molecule has 4 rings (SSSR count). The van der Waals surface area contributed by atoms with Gasteiger partial charge in [-0.15, -0.1) is 0 Å². The second-order valence-corrected chi connectivity index (χ2v) is 13.7. The molecule has 0 saturated heterocycles. The van der Waals surface area contributed by atoms with E-state index in [2.05, 4.69) is 5.32 Å². The van der Waals surface area contributed by atoms with E-state index in [1.807, 2.05) is 0 Å². The Morgan fingerprint density at radius 1 is 0.745 bits per heavy atom. The summed E-state index contributed by atoms with van der Waals surface area (Å²) in [7, 11) is 0. The van der Waals surface area contributed by atoms with E-state index in [0.29, 0.717) is 5.57 Å². The Morgan fingerprint density at radius 2 is 1.41 bits per heavy atom. The van der Waals surface area contributed by atoms with E-state index in [1.165, 1.54) is 45.1 Å². The predicted molar refractivity (Wildman–Crippen MR) is 195 cm³/mol. The number of amides is 1. The molecule has 1 aromatic rings. The van der Waals surface area contributed by atoms with Crippen LogP contribution in [0.2, 0.25) is 0 Å². The Morgan fingerprint density at radius 3 is 2.08 bits per heavy atom. The van der Waals surface area contributed by atoms with Crippen LogP contribution in [-0.2, 0) is 9.59 Å². The summed E-state index contributed by atoms with van der Waals surface area (Å²) >= 11 is 6.36. The van der Waals surface area contributed by atoms with Crippen molar-refractivity contribution in [3.05, 3.63) is 110 Å². The molecule has 3 aliphatic rings. The van der Waals surface area contributed by atoms with Crippen molar-refractivity contribution in [2.45, 2.75) is 79.6 Å². The molecule has 6 unspecified atom stereocenters. The molecule has 1 aromatic carbocycles. The van der Waals surface area contributed by atoms with Crippen molar-refractivity contribution in [1.82, 2.24) is 5.32 Å². The summed E-state index contributed by atoms with van der Waals surface area (Å²) in [5, 5.41) is 44.9. The molecule has 1 aliphatic carbocycles. The molecule has 0 radical (unpaired) electrons. The Labute approximate surface area is 303 Å². The van der Waals surface area contributed by atoms with Gasteiger partial charge >= 0.3 is 0 Å². The molecule has 4 bridgehead atoms. The molecule has 0 aromatic heterocycles. The summed E-state index contributed by atoms with van der Waals surface area (Å²) in [5.74, 6) is -5.47. The van der Waals surface area contributed by atoms with Crippen LogP contribution in [-0.4, -0.2) is 67.8 Å². The van der Waals surface area contributed by atoms with E-state index in [4.69, 9.17) is 11.6 Å². The Kier molecular flexibility index (Phi) is 14.2. The smallest absolute Gasteiger partial charge is 0.251 e. The van der Waals surface area contributed by atoms with Crippen molar-refractivity contribution in [3.63, 3.8) is 0 Å². The first-order chi connectivity index (χ1) is 23.9. The number of allylic oxidation sites excluding steroid dienone is 8. The maximum atomic E-state index is 13.8. The largest absolute Gasteiger partial charge is 0.507 e. The fraction of sp³-hybridized carbons (Fsp3) is 0.375. The van der Waals surface area contributed by atoms with E-state index in [-0.39, 0.29) is 46.8 Å². The number of benzene rings is 1. The second kappa shape index (κ2) is 17.6. The van der Waals surface area contributed by atoms with E-state index in [9.17, 15) is 44.4 Å². The maximum absolute atomic E-state index is 13.8. The number of aromatic hydroxyl groups is 1. The number of hydrogen-bond donors (Lipinski definition) is 5. The highest BCUT2D eigenvalue weighted by Gasteiger charge is 2.38. The number of rotatable bonds is 0. The normalized spacial score (nSPS) is 27.7. The quantitative estimate of drug-likeness (QED) is 0.211. The van der Waals surface area contributed by atoms with Crippen molar-refractivity contribution < 1.29 is 44.4 Å². The van der Waals surface area contributed by atoms with Crippen LogP contribution in [0.15, 0.2) is 88.2 Å². The third kappa shape index (κ3) is 9.86. The molecule has 2 heterocycles. The average Bonchev–Trinajstić information content (AvgIpc) is 3.09. The summed E-state index contributed by atoms with van der Waals surface area (Å²) in [6, 6.07) is 1.26. The van der Waals surface area contributed by atoms with E-state index < -0.39 is 81.0 Å². The van der Waals surface area contributed by atoms with Crippen LogP contribution in [0.3, 0.4) is 0 Å². The lowest BCUT2D eigenvalue weighted by atomic mass is 9.83. The number of Topliss-reactive ketones (excluding diaryl/α,β-unsaturated/α-hetero) is 4. The fourth-order valence-electron chi connectivity index (χ4n) is 5.62. The van der Waals surface area contributed by atoms with Crippen molar-refractivity contribution >= 4 is 40.6 Å².